The zero-order valence-electron chi connectivity index (χ0n) is 45.3. The summed E-state index contributed by atoms with van der Waals surface area (Å²) in [5, 5.41) is 14.0. The van der Waals surface area contributed by atoms with E-state index in [1.54, 1.807) is 0 Å². The van der Waals surface area contributed by atoms with Gasteiger partial charge in [-0.25, -0.2) is 4.57 Å². The van der Waals surface area contributed by atoms with E-state index in [2.05, 4.69) is 67.8 Å². The number of carbonyl (C=O) groups is 1. The summed E-state index contributed by atoms with van der Waals surface area (Å²) in [5.41, 5.74) is 0. The van der Waals surface area contributed by atoms with Crippen LogP contribution in [0, 0.1) is 0 Å². The largest absolute Gasteiger partial charge is 0.472 e. The molecule has 0 saturated carbocycles. The molecule has 0 aliphatic rings. The van der Waals surface area contributed by atoms with E-state index in [9.17, 15) is 19.4 Å². The summed E-state index contributed by atoms with van der Waals surface area (Å²) in [6.45, 7) is 4.72. The van der Waals surface area contributed by atoms with Crippen molar-refractivity contribution in [1.29, 1.82) is 0 Å². The zero-order chi connectivity index (χ0) is 49.9. The third-order valence-electron chi connectivity index (χ3n) is 12.8. The Kier molecular flexibility index (Phi) is 48.8. The van der Waals surface area contributed by atoms with Gasteiger partial charge in [0.1, 0.15) is 13.2 Å². The number of rotatable bonds is 52. The molecule has 0 rings (SSSR count). The molecule has 0 bridgehead atoms. The average molecular weight is 977 g/mol. The molecule has 0 fully saturated rings. The molecule has 0 radical (unpaired) electrons. The minimum Gasteiger partial charge on any atom is -0.391 e. The van der Waals surface area contributed by atoms with E-state index in [4.69, 9.17) is 9.05 Å². The fraction of sp³-hybridized carbons (Fsp3) is 0.814. The highest BCUT2D eigenvalue weighted by atomic mass is 31.2. The second kappa shape index (κ2) is 50.2. The van der Waals surface area contributed by atoms with Crippen molar-refractivity contribution in [1.82, 2.24) is 5.32 Å². The quantitative estimate of drug-likeness (QED) is 0.0243. The monoisotopic (exact) mass is 976 g/mol. The Morgan fingerprint density at radius 2 is 0.824 bits per heavy atom. The molecule has 0 aromatic carbocycles. The number of allylic oxidation sites excluding steroid dienone is 9. The number of nitrogens with one attached hydrogen (secondary N) is 1. The van der Waals surface area contributed by atoms with Gasteiger partial charge in [-0.3, -0.25) is 13.8 Å². The molecular formula is C59H112N2O6P+. The summed E-state index contributed by atoms with van der Waals surface area (Å²) in [6, 6.07) is -0.818. The Hall–Kier alpha value is -1.80. The smallest absolute Gasteiger partial charge is 0.391 e. The molecule has 0 heterocycles. The van der Waals surface area contributed by atoms with Crippen molar-refractivity contribution in [3.8, 4) is 0 Å². The second-order valence-corrected chi connectivity index (χ2v) is 22.1. The maximum absolute atomic E-state index is 12.9. The van der Waals surface area contributed by atoms with Gasteiger partial charge in [0, 0.05) is 6.42 Å². The van der Waals surface area contributed by atoms with Crippen molar-refractivity contribution in [2.75, 3.05) is 40.9 Å². The second-order valence-electron chi connectivity index (χ2n) is 20.7. The standard InChI is InChI=1S/C59H111N2O6P/c1-6-8-10-12-14-16-18-20-22-23-24-25-26-27-28-29-30-31-32-33-34-35-36-37-39-40-42-44-46-48-50-52-58(62)57(56-67-68(64,65)66-55-54-61(3,4)5)60-59(63)53-51-49-47-45-43-41-38-21-19-17-15-13-11-9-7-2/h9,11,15,17,21,38,43,45,49,51,57-58,62H,6-8,10,12-14,16,18-20,22-37,39-42,44,46-48,50,52-56H2,1-5H3,(H-,60,63,64,65)/p+1/b11-9-,17-15-,38-21-,45-43-,51-49-. The molecule has 3 atom stereocenters. The number of phosphoric acid groups is 1. The lowest BCUT2D eigenvalue weighted by atomic mass is 10.0. The van der Waals surface area contributed by atoms with Crippen molar-refractivity contribution in [2.24, 2.45) is 0 Å². The molecule has 0 spiro atoms. The molecule has 8 nitrogen and oxygen atoms in total. The SMILES string of the molecule is CC/C=C\C/C=C\C/C=C\C/C=C\C/C=C\CC(=O)NC(COP(=O)(O)OCC[N+](C)(C)C)C(O)CCCCCCCCCCCCCCCCCCCCCCCCCCCCCCCCC. The average Bonchev–Trinajstić information content (AvgIpc) is 3.30. The number of hydrogen-bond acceptors (Lipinski definition) is 5. The van der Waals surface area contributed by atoms with Crippen LogP contribution in [0.3, 0.4) is 0 Å². The summed E-state index contributed by atoms with van der Waals surface area (Å²) < 4.78 is 23.7. The van der Waals surface area contributed by atoms with Crippen LogP contribution in [0.5, 0.6) is 0 Å². The molecular weight excluding hydrogens is 864 g/mol. The minimum absolute atomic E-state index is 0.0562. The molecule has 398 valence electrons. The number of nitrogens with zero attached hydrogens (tertiary/aromatic N) is 1. The lowest BCUT2D eigenvalue weighted by Gasteiger charge is -2.26. The van der Waals surface area contributed by atoms with Crippen LogP contribution in [-0.4, -0.2) is 73.4 Å². The van der Waals surface area contributed by atoms with Gasteiger partial charge >= 0.3 is 7.82 Å². The van der Waals surface area contributed by atoms with Crippen molar-refractivity contribution in [3.05, 3.63) is 60.8 Å². The van der Waals surface area contributed by atoms with Gasteiger partial charge in [0.05, 0.1) is 39.9 Å². The van der Waals surface area contributed by atoms with Crippen LogP contribution >= 0.6 is 7.82 Å². The van der Waals surface area contributed by atoms with Gasteiger partial charge in [-0.1, -0.05) is 274 Å². The van der Waals surface area contributed by atoms with Crippen molar-refractivity contribution >= 4 is 13.7 Å². The van der Waals surface area contributed by atoms with E-state index >= 15 is 0 Å². The summed E-state index contributed by atoms with van der Waals surface area (Å²) in [4.78, 5) is 23.2. The number of phosphoric ester groups is 1. The highest BCUT2D eigenvalue weighted by molar-refractivity contribution is 7.47. The van der Waals surface area contributed by atoms with Gasteiger partial charge in [0.15, 0.2) is 0 Å². The molecule has 0 aliphatic heterocycles. The zero-order valence-corrected chi connectivity index (χ0v) is 46.2. The summed E-state index contributed by atoms with van der Waals surface area (Å²) in [5.74, 6) is -0.270. The number of aliphatic hydroxyl groups excluding tert-OH is 1. The molecule has 3 unspecified atom stereocenters. The van der Waals surface area contributed by atoms with Crippen LogP contribution < -0.4 is 5.32 Å². The number of hydrogen-bond donors (Lipinski definition) is 3. The number of amides is 1. The van der Waals surface area contributed by atoms with Crippen molar-refractivity contribution in [3.63, 3.8) is 0 Å². The first kappa shape index (κ1) is 66.2. The molecule has 68 heavy (non-hydrogen) atoms. The van der Waals surface area contributed by atoms with Crippen LogP contribution in [0.4, 0.5) is 0 Å². The van der Waals surface area contributed by atoms with Crippen LogP contribution in [0.15, 0.2) is 60.8 Å². The third-order valence-corrected chi connectivity index (χ3v) is 13.8. The predicted octanol–water partition coefficient (Wildman–Crippen LogP) is 17.3. The van der Waals surface area contributed by atoms with Gasteiger partial charge in [-0.2, -0.15) is 0 Å². The predicted molar refractivity (Wildman–Crippen MR) is 295 cm³/mol. The molecule has 3 N–H and O–H groups in total. The van der Waals surface area contributed by atoms with Crippen LogP contribution in [0.1, 0.15) is 258 Å². The Balaban J connectivity index is 4.11. The Morgan fingerprint density at radius 3 is 1.16 bits per heavy atom. The van der Waals surface area contributed by atoms with Gasteiger partial charge in [-0.05, 0) is 38.5 Å². The van der Waals surface area contributed by atoms with Gasteiger partial charge in [0.2, 0.25) is 5.91 Å². The highest BCUT2D eigenvalue weighted by Gasteiger charge is 2.28. The highest BCUT2D eigenvalue weighted by Crippen LogP contribution is 2.43. The Bertz CT molecular complexity index is 1290. The molecule has 1 amide bonds. The fourth-order valence-electron chi connectivity index (χ4n) is 8.35. The first-order chi connectivity index (χ1) is 33.0. The van der Waals surface area contributed by atoms with Gasteiger partial charge < -0.3 is 19.8 Å². The number of aliphatic hydroxyl groups is 1. The molecule has 0 saturated heterocycles. The lowest BCUT2D eigenvalue weighted by Crippen LogP contribution is -2.46. The van der Waals surface area contributed by atoms with Crippen molar-refractivity contribution < 1.29 is 32.9 Å². The third kappa shape index (κ3) is 52.0. The first-order valence-electron chi connectivity index (χ1n) is 28.7. The normalized spacial score (nSPS) is 14.4. The van der Waals surface area contributed by atoms with E-state index in [1.807, 2.05) is 33.3 Å². The van der Waals surface area contributed by atoms with Crippen molar-refractivity contribution in [2.45, 2.75) is 270 Å². The minimum atomic E-state index is -4.35. The molecule has 0 aromatic rings. The Labute approximate surface area is 422 Å². The van der Waals surface area contributed by atoms with E-state index in [1.165, 1.54) is 180 Å². The topological polar surface area (TPSA) is 105 Å². The molecule has 9 heteroatoms. The maximum Gasteiger partial charge on any atom is 0.472 e. The van der Waals surface area contributed by atoms with E-state index in [-0.39, 0.29) is 25.5 Å². The van der Waals surface area contributed by atoms with Crippen LogP contribution in [-0.2, 0) is 18.4 Å². The first-order valence-corrected chi connectivity index (χ1v) is 30.1. The number of quaternary nitrogens is 1. The van der Waals surface area contributed by atoms with E-state index < -0.39 is 20.0 Å². The molecule has 0 aliphatic carbocycles. The fourth-order valence-corrected chi connectivity index (χ4v) is 9.09. The summed E-state index contributed by atoms with van der Waals surface area (Å²) in [6.07, 6.45) is 67.6. The number of likely N-dealkylation sites (N-methyl/N-ethyl adjacent to an activating group) is 1. The lowest BCUT2D eigenvalue weighted by molar-refractivity contribution is -0.870. The molecule has 0 aromatic heterocycles. The van der Waals surface area contributed by atoms with Crippen LogP contribution in [0.25, 0.3) is 0 Å². The van der Waals surface area contributed by atoms with E-state index in [0.29, 0.717) is 17.4 Å². The number of carbonyl (C=O) groups excluding carboxylic acids is 1. The van der Waals surface area contributed by atoms with Crippen LogP contribution in [0.2, 0.25) is 0 Å². The summed E-state index contributed by atoms with van der Waals surface area (Å²) >= 11 is 0. The maximum atomic E-state index is 12.9. The van der Waals surface area contributed by atoms with Gasteiger partial charge in [0.25, 0.3) is 0 Å². The van der Waals surface area contributed by atoms with E-state index in [0.717, 1.165) is 51.4 Å². The Morgan fingerprint density at radius 1 is 0.500 bits per heavy atom. The number of unbranched alkanes of at least 4 members (excludes halogenated alkanes) is 30. The van der Waals surface area contributed by atoms with Gasteiger partial charge in [-0.15, -0.1) is 0 Å². The summed E-state index contributed by atoms with van der Waals surface area (Å²) in [7, 11) is 1.56.